The van der Waals surface area contributed by atoms with Crippen molar-refractivity contribution in [3.8, 4) is 0 Å². The summed E-state index contributed by atoms with van der Waals surface area (Å²) in [5.74, 6) is 0.207. The smallest absolute Gasteiger partial charge is 0.162 e. The summed E-state index contributed by atoms with van der Waals surface area (Å²) >= 11 is 0. The Hall–Kier alpha value is -2.39. The van der Waals surface area contributed by atoms with Crippen LogP contribution in [0.25, 0.3) is 10.9 Å². The first-order valence-corrected chi connectivity index (χ1v) is 9.07. The van der Waals surface area contributed by atoms with Gasteiger partial charge in [0.15, 0.2) is 5.78 Å². The van der Waals surface area contributed by atoms with E-state index in [9.17, 15) is 4.79 Å². The molecule has 0 N–H and O–H groups in total. The summed E-state index contributed by atoms with van der Waals surface area (Å²) in [6, 6.07) is 16.8. The predicted octanol–water partition coefficient (Wildman–Crippen LogP) is 4.27. The molecule has 0 amide bonds. The Morgan fingerprint density at radius 2 is 1.84 bits per heavy atom. The van der Waals surface area contributed by atoms with Gasteiger partial charge in [-0.3, -0.25) is 4.79 Å². The number of Topliss-reactive ketones (excluding diaryl/α,β-unsaturated/α-hetero) is 1. The van der Waals surface area contributed by atoms with Gasteiger partial charge in [0, 0.05) is 54.6 Å². The van der Waals surface area contributed by atoms with E-state index in [0.717, 1.165) is 31.6 Å². The highest BCUT2D eigenvalue weighted by Crippen LogP contribution is 2.31. The van der Waals surface area contributed by atoms with E-state index in [1.54, 1.807) is 0 Å². The number of hydrogen-bond donors (Lipinski definition) is 0. The van der Waals surface area contributed by atoms with Crippen molar-refractivity contribution in [2.45, 2.75) is 32.9 Å². The predicted molar refractivity (Wildman–Crippen MR) is 102 cm³/mol. The summed E-state index contributed by atoms with van der Waals surface area (Å²) < 4.78 is 2.47. The third-order valence-corrected chi connectivity index (χ3v) is 5.29. The van der Waals surface area contributed by atoms with E-state index in [2.05, 4.69) is 52.9 Å². The molecule has 25 heavy (non-hydrogen) atoms. The Kier molecular flexibility index (Phi) is 4.18. The van der Waals surface area contributed by atoms with Crippen molar-refractivity contribution in [3.05, 3.63) is 70.9 Å². The van der Waals surface area contributed by atoms with E-state index in [4.69, 9.17) is 0 Å². The van der Waals surface area contributed by atoms with E-state index >= 15 is 0 Å². The lowest BCUT2D eigenvalue weighted by Crippen LogP contribution is -2.27. The molecule has 0 bridgehead atoms. The maximum Gasteiger partial charge on any atom is 0.162 e. The van der Waals surface area contributed by atoms with Gasteiger partial charge in [-0.1, -0.05) is 49.4 Å². The number of fused-ring (bicyclic) bond motifs is 3. The standard InChI is InChI=1S/C22H24N2O/c1-3-22(25)17-10-8-16(9-11-17)14-24-20-7-5-4-6-18(20)19-15-23(2)13-12-21(19)24/h4-11H,3,12-15H2,1-2H3. The SMILES string of the molecule is CCC(=O)c1ccc(Cn2c3c(c4ccccc42)CN(C)CC3)cc1. The van der Waals surface area contributed by atoms with Crippen LogP contribution < -0.4 is 0 Å². The van der Waals surface area contributed by atoms with Crippen LogP contribution in [0.5, 0.6) is 0 Å². The lowest BCUT2D eigenvalue weighted by atomic mass is 10.0. The van der Waals surface area contributed by atoms with Crippen molar-refractivity contribution < 1.29 is 4.79 Å². The van der Waals surface area contributed by atoms with Crippen LogP contribution in [-0.2, 0) is 19.5 Å². The Labute approximate surface area is 148 Å². The fourth-order valence-corrected chi connectivity index (χ4v) is 3.90. The first kappa shape index (κ1) is 16.1. The summed E-state index contributed by atoms with van der Waals surface area (Å²) in [6.45, 7) is 4.89. The van der Waals surface area contributed by atoms with Gasteiger partial charge < -0.3 is 9.47 Å². The third kappa shape index (κ3) is 2.89. The highest BCUT2D eigenvalue weighted by Gasteiger charge is 2.22. The molecule has 128 valence electrons. The van der Waals surface area contributed by atoms with Gasteiger partial charge in [-0.15, -0.1) is 0 Å². The molecule has 3 aromatic rings. The molecule has 0 saturated carbocycles. The zero-order valence-corrected chi connectivity index (χ0v) is 15.0. The van der Waals surface area contributed by atoms with Gasteiger partial charge in [0.2, 0.25) is 0 Å². The zero-order chi connectivity index (χ0) is 17.4. The summed E-state index contributed by atoms with van der Waals surface area (Å²) in [7, 11) is 2.19. The molecule has 0 radical (unpaired) electrons. The van der Waals surface area contributed by atoms with Crippen LogP contribution in [0.15, 0.2) is 48.5 Å². The molecule has 1 aliphatic rings. The summed E-state index contributed by atoms with van der Waals surface area (Å²) in [5.41, 5.74) is 6.31. The number of benzene rings is 2. The van der Waals surface area contributed by atoms with E-state index in [1.807, 2.05) is 19.1 Å². The number of nitrogens with zero attached hydrogens (tertiary/aromatic N) is 2. The van der Waals surface area contributed by atoms with Crippen molar-refractivity contribution >= 4 is 16.7 Å². The van der Waals surface area contributed by atoms with Gasteiger partial charge in [0.05, 0.1) is 0 Å². The minimum absolute atomic E-state index is 0.207. The Bertz CT molecular complexity index is 921. The van der Waals surface area contributed by atoms with Crippen LogP contribution in [0.2, 0.25) is 0 Å². The summed E-state index contributed by atoms with van der Waals surface area (Å²) in [5, 5.41) is 1.38. The number of ketones is 1. The first-order chi connectivity index (χ1) is 12.2. The molecule has 1 aromatic heterocycles. The van der Waals surface area contributed by atoms with Gasteiger partial charge >= 0.3 is 0 Å². The first-order valence-electron chi connectivity index (χ1n) is 9.07. The van der Waals surface area contributed by atoms with Crippen LogP contribution in [0, 0.1) is 0 Å². The normalized spacial score (nSPS) is 14.6. The minimum Gasteiger partial charge on any atom is -0.340 e. The molecule has 2 heterocycles. The number of hydrogen-bond acceptors (Lipinski definition) is 2. The van der Waals surface area contributed by atoms with Crippen LogP contribution in [0.1, 0.15) is 40.5 Å². The van der Waals surface area contributed by atoms with E-state index in [0.29, 0.717) is 6.42 Å². The maximum atomic E-state index is 11.8. The molecule has 0 saturated heterocycles. The molecule has 3 heteroatoms. The van der Waals surface area contributed by atoms with Crippen LogP contribution in [-0.4, -0.2) is 28.8 Å². The number of likely N-dealkylation sites (N-methyl/N-ethyl adjacent to an activating group) is 1. The number of carbonyl (C=O) groups excluding carboxylic acids is 1. The van der Waals surface area contributed by atoms with E-state index < -0.39 is 0 Å². The second-order valence-corrected chi connectivity index (χ2v) is 6.99. The van der Waals surface area contributed by atoms with E-state index in [1.165, 1.54) is 27.7 Å². The monoisotopic (exact) mass is 332 g/mol. The fourth-order valence-electron chi connectivity index (χ4n) is 3.90. The van der Waals surface area contributed by atoms with Crippen molar-refractivity contribution in [3.63, 3.8) is 0 Å². The molecule has 2 aromatic carbocycles. The number of aromatic nitrogens is 1. The highest BCUT2D eigenvalue weighted by molar-refractivity contribution is 5.95. The van der Waals surface area contributed by atoms with Gasteiger partial charge in [0.1, 0.15) is 0 Å². The Morgan fingerprint density at radius 3 is 2.60 bits per heavy atom. The lowest BCUT2D eigenvalue weighted by Gasteiger charge is -2.24. The van der Waals surface area contributed by atoms with E-state index in [-0.39, 0.29) is 5.78 Å². The zero-order valence-electron chi connectivity index (χ0n) is 15.0. The maximum absolute atomic E-state index is 11.8. The number of rotatable bonds is 4. The molecule has 0 spiro atoms. The summed E-state index contributed by atoms with van der Waals surface area (Å²) in [6.07, 6.45) is 1.65. The minimum atomic E-state index is 0.207. The third-order valence-electron chi connectivity index (χ3n) is 5.29. The fraction of sp³-hybridized carbons (Fsp3) is 0.318. The van der Waals surface area contributed by atoms with Crippen molar-refractivity contribution in [2.24, 2.45) is 0 Å². The number of para-hydroxylation sites is 1. The molecule has 0 atom stereocenters. The molecular weight excluding hydrogens is 308 g/mol. The van der Waals surface area contributed by atoms with Crippen LogP contribution in [0.4, 0.5) is 0 Å². The molecule has 0 aliphatic carbocycles. The Morgan fingerprint density at radius 1 is 1.08 bits per heavy atom. The molecular formula is C22H24N2O. The van der Waals surface area contributed by atoms with Gasteiger partial charge in [-0.05, 0) is 24.2 Å². The molecule has 3 nitrogen and oxygen atoms in total. The lowest BCUT2D eigenvalue weighted by molar-refractivity contribution is 0.0988. The van der Waals surface area contributed by atoms with Crippen molar-refractivity contribution in [1.29, 1.82) is 0 Å². The van der Waals surface area contributed by atoms with Crippen molar-refractivity contribution in [1.82, 2.24) is 9.47 Å². The number of carbonyl (C=O) groups is 1. The topological polar surface area (TPSA) is 25.2 Å². The van der Waals surface area contributed by atoms with Crippen LogP contribution >= 0.6 is 0 Å². The molecule has 1 aliphatic heterocycles. The summed E-state index contributed by atoms with van der Waals surface area (Å²) in [4.78, 5) is 14.2. The van der Waals surface area contributed by atoms with Crippen molar-refractivity contribution in [2.75, 3.05) is 13.6 Å². The largest absolute Gasteiger partial charge is 0.340 e. The highest BCUT2D eigenvalue weighted by atomic mass is 16.1. The van der Waals surface area contributed by atoms with Gasteiger partial charge in [-0.2, -0.15) is 0 Å². The van der Waals surface area contributed by atoms with Gasteiger partial charge in [0.25, 0.3) is 0 Å². The molecule has 0 unspecified atom stereocenters. The average Bonchev–Trinajstić information content (AvgIpc) is 2.95. The Balaban J connectivity index is 1.73. The second kappa shape index (κ2) is 6.49. The van der Waals surface area contributed by atoms with Gasteiger partial charge in [-0.25, -0.2) is 0 Å². The second-order valence-electron chi connectivity index (χ2n) is 6.99. The quantitative estimate of drug-likeness (QED) is 0.667. The molecule has 4 rings (SSSR count). The van der Waals surface area contributed by atoms with Crippen LogP contribution in [0.3, 0.4) is 0 Å². The molecule has 0 fully saturated rings. The average molecular weight is 332 g/mol.